The first-order valence-corrected chi connectivity index (χ1v) is 10.2. The van der Waals surface area contributed by atoms with Crippen molar-refractivity contribution in [2.45, 2.75) is 26.9 Å². The summed E-state index contributed by atoms with van der Waals surface area (Å²) in [5.41, 5.74) is 2.23. The lowest BCUT2D eigenvalue weighted by Crippen LogP contribution is -2.39. The highest BCUT2D eigenvalue weighted by Gasteiger charge is 2.24. The third-order valence-corrected chi connectivity index (χ3v) is 5.40. The molecule has 1 aliphatic heterocycles. The van der Waals surface area contributed by atoms with Gasteiger partial charge in [0.2, 0.25) is 5.91 Å². The van der Waals surface area contributed by atoms with Gasteiger partial charge in [-0.2, -0.15) is 0 Å². The molecule has 8 heteroatoms. The van der Waals surface area contributed by atoms with Crippen LogP contribution in [0.3, 0.4) is 0 Å². The lowest BCUT2D eigenvalue weighted by atomic mass is 10.1. The number of benzene rings is 1. The summed E-state index contributed by atoms with van der Waals surface area (Å²) in [6, 6.07) is 7.31. The number of aromatic nitrogens is 1. The van der Waals surface area contributed by atoms with Crippen molar-refractivity contribution >= 4 is 11.8 Å². The average Bonchev–Trinajstić information content (AvgIpc) is 2.91. The molecule has 1 saturated heterocycles. The highest BCUT2D eigenvalue weighted by Crippen LogP contribution is 2.23. The number of nitrogens with zero attached hydrogens (tertiary/aromatic N) is 4. The van der Waals surface area contributed by atoms with Crippen LogP contribution in [0.1, 0.15) is 33.8 Å². The Labute approximate surface area is 177 Å². The SMILES string of the molecule is Cc1noc(C)c1COc1ccccc1C(=O)N1CCCN(CC(=O)N(C)C)CC1. The Morgan fingerprint density at radius 1 is 1.13 bits per heavy atom. The molecule has 162 valence electrons. The third-order valence-electron chi connectivity index (χ3n) is 5.40. The zero-order valence-electron chi connectivity index (χ0n) is 18.2. The van der Waals surface area contributed by atoms with Crippen molar-refractivity contribution in [2.75, 3.05) is 46.8 Å². The predicted molar refractivity (Wildman–Crippen MR) is 112 cm³/mol. The van der Waals surface area contributed by atoms with Crippen LogP contribution in [0.4, 0.5) is 0 Å². The standard InChI is InChI=1S/C22H30N4O4/c1-16-19(17(2)30-23-16)15-29-20-9-6-5-8-18(20)22(28)26-11-7-10-25(12-13-26)14-21(27)24(3)4/h5-6,8-9H,7,10-15H2,1-4H3. The molecule has 2 amide bonds. The normalized spacial score (nSPS) is 15.0. The van der Waals surface area contributed by atoms with Gasteiger partial charge in [-0.3, -0.25) is 14.5 Å². The minimum absolute atomic E-state index is 0.0508. The number of likely N-dealkylation sites (N-methyl/N-ethyl adjacent to an activating group) is 1. The van der Waals surface area contributed by atoms with Crippen LogP contribution in [0.15, 0.2) is 28.8 Å². The van der Waals surface area contributed by atoms with Crippen LogP contribution < -0.4 is 4.74 Å². The van der Waals surface area contributed by atoms with Crippen molar-refractivity contribution in [3.05, 3.63) is 46.8 Å². The predicted octanol–water partition coefficient (Wildman–Crippen LogP) is 2.11. The van der Waals surface area contributed by atoms with Crippen LogP contribution >= 0.6 is 0 Å². The van der Waals surface area contributed by atoms with Crippen molar-refractivity contribution < 1.29 is 18.8 Å². The van der Waals surface area contributed by atoms with Crippen molar-refractivity contribution in [1.29, 1.82) is 0 Å². The van der Waals surface area contributed by atoms with Crippen LogP contribution in [-0.4, -0.2) is 78.5 Å². The topological polar surface area (TPSA) is 79.1 Å². The van der Waals surface area contributed by atoms with Gasteiger partial charge in [-0.15, -0.1) is 0 Å². The fourth-order valence-electron chi connectivity index (χ4n) is 3.46. The van der Waals surface area contributed by atoms with Crippen molar-refractivity contribution in [3.8, 4) is 5.75 Å². The van der Waals surface area contributed by atoms with E-state index in [-0.39, 0.29) is 11.8 Å². The number of amides is 2. The molecular weight excluding hydrogens is 384 g/mol. The Morgan fingerprint density at radius 3 is 2.60 bits per heavy atom. The molecular formula is C22H30N4O4. The molecule has 0 radical (unpaired) electrons. The smallest absolute Gasteiger partial charge is 0.257 e. The van der Waals surface area contributed by atoms with E-state index in [0.29, 0.717) is 44.1 Å². The van der Waals surface area contributed by atoms with E-state index in [1.165, 1.54) is 0 Å². The highest BCUT2D eigenvalue weighted by atomic mass is 16.5. The largest absolute Gasteiger partial charge is 0.488 e. The number of rotatable bonds is 6. The number of carbonyl (C=O) groups is 2. The Balaban J connectivity index is 1.66. The molecule has 0 spiro atoms. The van der Waals surface area contributed by atoms with E-state index in [1.807, 2.05) is 36.9 Å². The molecule has 2 heterocycles. The van der Waals surface area contributed by atoms with Crippen LogP contribution in [0.2, 0.25) is 0 Å². The minimum atomic E-state index is -0.0508. The van der Waals surface area contributed by atoms with Crippen LogP contribution in [0, 0.1) is 13.8 Å². The minimum Gasteiger partial charge on any atom is -0.488 e. The van der Waals surface area contributed by atoms with Crippen LogP contribution in [0.5, 0.6) is 5.75 Å². The van der Waals surface area contributed by atoms with E-state index in [9.17, 15) is 9.59 Å². The summed E-state index contributed by atoms with van der Waals surface area (Å²) in [7, 11) is 3.52. The van der Waals surface area contributed by atoms with Gasteiger partial charge in [-0.25, -0.2) is 0 Å². The Morgan fingerprint density at radius 2 is 1.90 bits per heavy atom. The van der Waals surface area contributed by atoms with Gasteiger partial charge in [0.15, 0.2) is 0 Å². The van der Waals surface area contributed by atoms with Crippen molar-refractivity contribution in [2.24, 2.45) is 0 Å². The average molecular weight is 415 g/mol. The maximum Gasteiger partial charge on any atom is 0.257 e. The van der Waals surface area contributed by atoms with Gasteiger partial charge in [-0.1, -0.05) is 17.3 Å². The van der Waals surface area contributed by atoms with Gasteiger partial charge in [-0.05, 0) is 32.4 Å². The Kier molecular flexibility index (Phi) is 7.10. The van der Waals surface area contributed by atoms with Crippen molar-refractivity contribution in [3.63, 3.8) is 0 Å². The molecule has 0 atom stereocenters. The molecule has 0 bridgehead atoms. The van der Waals surface area contributed by atoms with E-state index >= 15 is 0 Å². The molecule has 1 aromatic heterocycles. The van der Waals surface area contributed by atoms with Gasteiger partial charge < -0.3 is 19.1 Å². The van der Waals surface area contributed by atoms with Gasteiger partial charge in [0.25, 0.3) is 5.91 Å². The van der Waals surface area contributed by atoms with Gasteiger partial charge in [0.1, 0.15) is 18.1 Å². The summed E-state index contributed by atoms with van der Waals surface area (Å²) in [6.07, 6.45) is 0.828. The second-order valence-electron chi connectivity index (χ2n) is 7.80. The number of carbonyl (C=O) groups excluding carboxylic acids is 2. The molecule has 2 aromatic rings. The molecule has 3 rings (SSSR count). The van der Waals surface area contributed by atoms with E-state index in [1.54, 1.807) is 25.1 Å². The van der Waals surface area contributed by atoms with E-state index < -0.39 is 0 Å². The summed E-state index contributed by atoms with van der Waals surface area (Å²) >= 11 is 0. The quantitative estimate of drug-likeness (QED) is 0.720. The van der Waals surface area contributed by atoms with Gasteiger partial charge in [0, 0.05) is 40.3 Å². The fourth-order valence-corrected chi connectivity index (χ4v) is 3.46. The molecule has 1 fully saturated rings. The zero-order chi connectivity index (χ0) is 21.7. The zero-order valence-corrected chi connectivity index (χ0v) is 18.2. The fraction of sp³-hybridized carbons (Fsp3) is 0.500. The number of hydrogen-bond donors (Lipinski definition) is 0. The summed E-state index contributed by atoms with van der Waals surface area (Å²) < 4.78 is 11.2. The molecule has 0 unspecified atom stereocenters. The lowest BCUT2D eigenvalue weighted by Gasteiger charge is -2.23. The molecule has 1 aromatic carbocycles. The second kappa shape index (κ2) is 9.75. The van der Waals surface area contributed by atoms with Crippen molar-refractivity contribution in [1.82, 2.24) is 19.9 Å². The molecule has 30 heavy (non-hydrogen) atoms. The Hall–Kier alpha value is -2.87. The second-order valence-corrected chi connectivity index (χ2v) is 7.80. The summed E-state index contributed by atoms with van der Waals surface area (Å²) in [5, 5.41) is 3.95. The first-order valence-electron chi connectivity index (χ1n) is 10.2. The third kappa shape index (κ3) is 5.18. The lowest BCUT2D eigenvalue weighted by molar-refractivity contribution is -0.129. The molecule has 0 saturated carbocycles. The number of ether oxygens (including phenoxy) is 1. The number of hydrogen-bond acceptors (Lipinski definition) is 6. The van der Waals surface area contributed by atoms with E-state index in [4.69, 9.17) is 9.26 Å². The van der Waals surface area contributed by atoms with Crippen LogP contribution in [0.25, 0.3) is 0 Å². The number of aryl methyl sites for hydroxylation is 2. The monoisotopic (exact) mass is 414 g/mol. The molecule has 1 aliphatic rings. The first kappa shape index (κ1) is 21.8. The van der Waals surface area contributed by atoms with E-state index in [2.05, 4.69) is 10.1 Å². The van der Waals surface area contributed by atoms with Crippen LogP contribution in [-0.2, 0) is 11.4 Å². The number of para-hydroxylation sites is 1. The van der Waals surface area contributed by atoms with E-state index in [0.717, 1.165) is 30.0 Å². The molecule has 0 N–H and O–H groups in total. The summed E-state index contributed by atoms with van der Waals surface area (Å²) in [6.45, 7) is 7.11. The maximum absolute atomic E-state index is 13.2. The molecule has 8 nitrogen and oxygen atoms in total. The first-order chi connectivity index (χ1) is 14.4. The molecule has 0 aliphatic carbocycles. The highest BCUT2D eigenvalue weighted by molar-refractivity contribution is 5.97. The van der Waals surface area contributed by atoms with Gasteiger partial charge in [0.05, 0.1) is 23.4 Å². The summed E-state index contributed by atoms with van der Waals surface area (Å²) in [4.78, 5) is 30.8. The van der Waals surface area contributed by atoms with Gasteiger partial charge >= 0.3 is 0 Å². The summed E-state index contributed by atoms with van der Waals surface area (Å²) in [5.74, 6) is 1.29. The maximum atomic E-state index is 13.2. The Bertz CT molecular complexity index is 874.